The number of aliphatic hydroxyl groups excluding tert-OH is 1. The smallest absolute Gasteiger partial charge is 0.314 e. The molecule has 0 aromatic carbocycles. The van der Waals surface area contributed by atoms with Gasteiger partial charge in [-0.1, -0.05) is 19.9 Å². The van der Waals surface area contributed by atoms with Gasteiger partial charge < -0.3 is 20.2 Å². The molecule has 1 aliphatic rings. The lowest BCUT2D eigenvalue weighted by Gasteiger charge is -2.43. The Kier molecular flexibility index (Phi) is 8.18. The van der Waals surface area contributed by atoms with Crippen LogP contribution in [-0.4, -0.2) is 62.7 Å². The standard InChI is InChI=1S/C17H24N2O4.CH2O2/c1-12(2)6-8-17(16(22)23)11-19(10-7-14(17)20)15(21)13-5-3-4-9-18-13;2-1-3/h3-5,9,12,14,20H,6-8,10-11H2,1-2H3,(H,22,23);1H,(H,2,3)/t14-,17-;/m1./s1. The summed E-state index contributed by atoms with van der Waals surface area (Å²) < 4.78 is 0. The van der Waals surface area contributed by atoms with E-state index in [2.05, 4.69) is 4.98 Å². The van der Waals surface area contributed by atoms with Crippen LogP contribution in [0.25, 0.3) is 0 Å². The zero-order valence-corrected chi connectivity index (χ0v) is 15.0. The molecule has 0 bridgehead atoms. The summed E-state index contributed by atoms with van der Waals surface area (Å²) in [6.07, 6.45) is 1.91. The van der Waals surface area contributed by atoms with Gasteiger partial charge in [0.15, 0.2) is 0 Å². The minimum absolute atomic E-state index is 0.0195. The molecule has 144 valence electrons. The van der Waals surface area contributed by atoms with E-state index < -0.39 is 17.5 Å². The van der Waals surface area contributed by atoms with Gasteiger partial charge in [0.2, 0.25) is 0 Å². The second kappa shape index (κ2) is 9.86. The quantitative estimate of drug-likeness (QED) is 0.674. The Morgan fingerprint density at radius 3 is 2.58 bits per heavy atom. The molecule has 2 heterocycles. The van der Waals surface area contributed by atoms with Crippen molar-refractivity contribution in [3.63, 3.8) is 0 Å². The van der Waals surface area contributed by atoms with Crippen LogP contribution in [-0.2, 0) is 9.59 Å². The van der Waals surface area contributed by atoms with Crippen molar-refractivity contribution in [2.75, 3.05) is 13.1 Å². The molecule has 1 aromatic rings. The third-order valence-corrected chi connectivity index (χ3v) is 4.55. The lowest BCUT2D eigenvalue weighted by atomic mass is 9.72. The highest BCUT2D eigenvalue weighted by Crippen LogP contribution is 2.37. The van der Waals surface area contributed by atoms with Gasteiger partial charge >= 0.3 is 5.97 Å². The first-order valence-electron chi connectivity index (χ1n) is 8.48. The molecule has 1 amide bonds. The summed E-state index contributed by atoms with van der Waals surface area (Å²) in [5, 5.41) is 27.0. The molecule has 0 aliphatic carbocycles. The van der Waals surface area contributed by atoms with Gasteiger partial charge in [0.1, 0.15) is 11.1 Å². The Balaban J connectivity index is 0.00000105. The van der Waals surface area contributed by atoms with Crippen molar-refractivity contribution in [2.24, 2.45) is 11.3 Å². The van der Waals surface area contributed by atoms with Gasteiger partial charge in [0.25, 0.3) is 12.4 Å². The van der Waals surface area contributed by atoms with Crippen LogP contribution < -0.4 is 0 Å². The van der Waals surface area contributed by atoms with Crippen molar-refractivity contribution in [3.05, 3.63) is 30.1 Å². The monoisotopic (exact) mass is 366 g/mol. The topological polar surface area (TPSA) is 128 Å². The third-order valence-electron chi connectivity index (χ3n) is 4.55. The number of likely N-dealkylation sites (tertiary alicyclic amines) is 1. The van der Waals surface area contributed by atoms with Gasteiger partial charge in [-0.15, -0.1) is 0 Å². The molecule has 1 fully saturated rings. The van der Waals surface area contributed by atoms with Crippen molar-refractivity contribution in [2.45, 2.75) is 39.2 Å². The van der Waals surface area contributed by atoms with Crippen molar-refractivity contribution in [1.82, 2.24) is 9.88 Å². The highest BCUT2D eigenvalue weighted by molar-refractivity contribution is 5.93. The maximum absolute atomic E-state index is 12.5. The number of nitrogens with zero attached hydrogens (tertiary/aromatic N) is 2. The molecule has 2 atom stereocenters. The minimum Gasteiger partial charge on any atom is -0.483 e. The normalized spacial score (nSPS) is 22.3. The molecule has 2 rings (SSSR count). The maximum Gasteiger partial charge on any atom is 0.314 e. The summed E-state index contributed by atoms with van der Waals surface area (Å²) in [6, 6.07) is 5.06. The molecular weight excluding hydrogens is 340 g/mol. The van der Waals surface area contributed by atoms with Gasteiger partial charge in [-0.2, -0.15) is 0 Å². The van der Waals surface area contributed by atoms with Crippen molar-refractivity contribution >= 4 is 18.3 Å². The lowest BCUT2D eigenvalue weighted by Crippen LogP contribution is -2.57. The summed E-state index contributed by atoms with van der Waals surface area (Å²) in [5.41, 5.74) is -1.00. The van der Waals surface area contributed by atoms with E-state index in [0.29, 0.717) is 31.0 Å². The molecule has 0 unspecified atom stereocenters. The Bertz CT molecular complexity index is 607. The van der Waals surface area contributed by atoms with Gasteiger partial charge in [0.05, 0.1) is 6.10 Å². The average Bonchev–Trinajstić information content (AvgIpc) is 2.61. The number of pyridine rings is 1. The van der Waals surface area contributed by atoms with Crippen LogP contribution in [0.2, 0.25) is 0 Å². The summed E-state index contributed by atoms with van der Waals surface area (Å²) >= 11 is 0. The van der Waals surface area contributed by atoms with Crippen LogP contribution >= 0.6 is 0 Å². The number of aliphatic carboxylic acids is 1. The van der Waals surface area contributed by atoms with Crippen LogP contribution in [0.4, 0.5) is 0 Å². The van der Waals surface area contributed by atoms with Crippen LogP contribution in [0.1, 0.15) is 43.6 Å². The SMILES string of the molecule is CC(C)CC[C@@]1(C(=O)O)CN(C(=O)c2ccccn2)CC[C@H]1O.O=CO. The molecule has 26 heavy (non-hydrogen) atoms. The predicted octanol–water partition coefficient (Wildman–Crippen LogP) is 1.50. The summed E-state index contributed by atoms with van der Waals surface area (Å²) in [6.45, 7) is 4.14. The summed E-state index contributed by atoms with van der Waals surface area (Å²) in [7, 11) is 0. The van der Waals surface area contributed by atoms with E-state index in [1.54, 1.807) is 18.2 Å². The van der Waals surface area contributed by atoms with Crippen LogP contribution in [0, 0.1) is 11.3 Å². The first-order valence-corrected chi connectivity index (χ1v) is 8.48. The number of amides is 1. The number of carboxylic acids is 1. The van der Waals surface area contributed by atoms with E-state index in [4.69, 9.17) is 9.90 Å². The predicted molar refractivity (Wildman–Crippen MR) is 93.6 cm³/mol. The molecule has 1 aliphatic heterocycles. The molecule has 1 aromatic heterocycles. The number of piperidine rings is 1. The van der Waals surface area contributed by atoms with Gasteiger partial charge in [-0.3, -0.25) is 19.4 Å². The van der Waals surface area contributed by atoms with E-state index in [1.165, 1.54) is 11.1 Å². The number of hydrogen-bond acceptors (Lipinski definition) is 5. The Hall–Kier alpha value is -2.48. The van der Waals surface area contributed by atoms with E-state index in [9.17, 15) is 19.8 Å². The molecule has 3 N–H and O–H groups in total. The third kappa shape index (κ3) is 5.26. The Morgan fingerprint density at radius 1 is 1.42 bits per heavy atom. The molecular formula is C18H26N2O6. The zero-order valence-electron chi connectivity index (χ0n) is 15.0. The Morgan fingerprint density at radius 2 is 2.08 bits per heavy atom. The zero-order chi connectivity index (χ0) is 19.7. The first kappa shape index (κ1) is 21.6. The van der Waals surface area contributed by atoms with Gasteiger partial charge in [0, 0.05) is 19.3 Å². The second-order valence-electron chi connectivity index (χ2n) is 6.75. The van der Waals surface area contributed by atoms with E-state index in [0.717, 1.165) is 0 Å². The van der Waals surface area contributed by atoms with Crippen LogP contribution in [0.3, 0.4) is 0 Å². The Labute approximate surface area is 152 Å². The van der Waals surface area contributed by atoms with Gasteiger partial charge in [-0.25, -0.2) is 0 Å². The number of aromatic nitrogens is 1. The maximum atomic E-state index is 12.5. The number of carbonyl (C=O) groups is 3. The van der Waals surface area contributed by atoms with Crippen LogP contribution in [0.15, 0.2) is 24.4 Å². The number of rotatable bonds is 5. The van der Waals surface area contributed by atoms with E-state index in [-0.39, 0.29) is 25.3 Å². The highest BCUT2D eigenvalue weighted by atomic mass is 16.4. The first-order chi connectivity index (χ1) is 12.3. The fourth-order valence-electron chi connectivity index (χ4n) is 3.01. The molecule has 0 saturated carbocycles. The van der Waals surface area contributed by atoms with Crippen molar-refractivity contribution in [3.8, 4) is 0 Å². The molecule has 0 radical (unpaired) electrons. The fraction of sp³-hybridized carbons (Fsp3) is 0.556. The van der Waals surface area contributed by atoms with Gasteiger partial charge in [-0.05, 0) is 37.3 Å². The number of hydrogen-bond donors (Lipinski definition) is 3. The average molecular weight is 366 g/mol. The number of aliphatic hydroxyl groups is 1. The van der Waals surface area contributed by atoms with Crippen molar-refractivity contribution < 1.29 is 29.7 Å². The number of carbonyl (C=O) groups excluding carboxylic acids is 1. The summed E-state index contributed by atoms with van der Waals surface area (Å²) in [4.78, 5) is 38.3. The molecule has 0 spiro atoms. The van der Waals surface area contributed by atoms with Crippen molar-refractivity contribution in [1.29, 1.82) is 0 Å². The van der Waals surface area contributed by atoms with Crippen LogP contribution in [0.5, 0.6) is 0 Å². The van der Waals surface area contributed by atoms with E-state index in [1.807, 2.05) is 13.8 Å². The lowest BCUT2D eigenvalue weighted by molar-refractivity contribution is -0.163. The highest BCUT2D eigenvalue weighted by Gasteiger charge is 2.49. The molecule has 1 saturated heterocycles. The summed E-state index contributed by atoms with van der Waals surface area (Å²) in [5.74, 6) is -0.989. The minimum atomic E-state index is -1.30. The van der Waals surface area contributed by atoms with E-state index >= 15 is 0 Å². The second-order valence-corrected chi connectivity index (χ2v) is 6.75. The molecule has 8 heteroatoms. The number of carboxylic acid groups (broad SMARTS) is 2. The fourth-order valence-corrected chi connectivity index (χ4v) is 3.01. The largest absolute Gasteiger partial charge is 0.483 e. The molecule has 8 nitrogen and oxygen atoms in total.